The molecule has 2 aliphatic heterocycles. The van der Waals surface area contributed by atoms with Gasteiger partial charge in [-0.3, -0.25) is 0 Å². The van der Waals surface area contributed by atoms with Crippen LogP contribution >= 0.6 is 0 Å². The van der Waals surface area contributed by atoms with Crippen LogP contribution in [0.4, 0.5) is 0 Å². The van der Waals surface area contributed by atoms with Gasteiger partial charge in [0, 0.05) is 33.3 Å². The summed E-state index contributed by atoms with van der Waals surface area (Å²) in [5.74, 6) is -0.624. The van der Waals surface area contributed by atoms with Gasteiger partial charge in [-0.15, -0.1) is 0 Å². The van der Waals surface area contributed by atoms with Crippen LogP contribution in [0, 0.1) is 6.92 Å². The van der Waals surface area contributed by atoms with Gasteiger partial charge < -0.3 is 23.7 Å². The van der Waals surface area contributed by atoms with E-state index in [1.54, 1.807) is 27.7 Å². The quantitative estimate of drug-likeness (QED) is 0.742. The summed E-state index contributed by atoms with van der Waals surface area (Å²) in [4.78, 5) is 12.2. The van der Waals surface area contributed by atoms with Crippen LogP contribution < -0.4 is 18.9 Å². The molecule has 0 aromatic heterocycles. The molecule has 0 unspecified atom stereocenters. The van der Waals surface area contributed by atoms with E-state index in [-0.39, 0.29) is 5.56 Å². The van der Waals surface area contributed by atoms with Crippen LogP contribution in [0.1, 0.15) is 43.6 Å². The molecule has 0 fully saturated rings. The fourth-order valence-corrected chi connectivity index (χ4v) is 2.53. The SMILES string of the molecule is COC(=O)c1c2c(c(C)c3c1OC(C)(C)O3)OC(C)(C)O2. The van der Waals surface area contributed by atoms with Crippen molar-refractivity contribution in [2.24, 2.45) is 0 Å². The Balaban J connectivity index is 2.28. The highest BCUT2D eigenvalue weighted by Gasteiger charge is 2.46. The molecule has 0 saturated carbocycles. The molecule has 6 heteroatoms. The van der Waals surface area contributed by atoms with Crippen molar-refractivity contribution in [3.05, 3.63) is 11.1 Å². The Morgan fingerprint density at radius 2 is 1.24 bits per heavy atom. The molecule has 0 N–H and O–H groups in total. The molecule has 2 heterocycles. The molecule has 6 nitrogen and oxygen atoms in total. The minimum absolute atomic E-state index is 0.198. The van der Waals surface area contributed by atoms with E-state index in [0.29, 0.717) is 23.0 Å². The topological polar surface area (TPSA) is 63.2 Å². The van der Waals surface area contributed by atoms with E-state index >= 15 is 0 Å². The molecule has 0 bridgehead atoms. The van der Waals surface area contributed by atoms with Crippen LogP contribution in [0.25, 0.3) is 0 Å². The van der Waals surface area contributed by atoms with Crippen LogP contribution in [-0.2, 0) is 4.74 Å². The normalized spacial score (nSPS) is 19.5. The second-order valence-electron chi connectivity index (χ2n) is 6.02. The highest BCUT2D eigenvalue weighted by molar-refractivity contribution is 5.99. The molecular weight excluding hydrogens is 276 g/mol. The minimum Gasteiger partial charge on any atom is -0.465 e. The van der Waals surface area contributed by atoms with Gasteiger partial charge in [-0.05, 0) is 6.92 Å². The molecule has 114 valence electrons. The van der Waals surface area contributed by atoms with Gasteiger partial charge >= 0.3 is 5.97 Å². The number of methoxy groups -OCH3 is 1. The summed E-state index contributed by atoms with van der Waals surface area (Å²) in [6, 6.07) is 0. The van der Waals surface area contributed by atoms with Crippen molar-refractivity contribution >= 4 is 5.97 Å². The van der Waals surface area contributed by atoms with Gasteiger partial charge in [0.2, 0.25) is 11.6 Å². The fraction of sp³-hybridized carbons (Fsp3) is 0.533. The first-order valence-electron chi connectivity index (χ1n) is 6.70. The molecule has 0 spiro atoms. The Morgan fingerprint density at radius 1 is 0.857 bits per heavy atom. The third-order valence-corrected chi connectivity index (χ3v) is 3.33. The van der Waals surface area contributed by atoms with Crippen molar-refractivity contribution in [2.75, 3.05) is 7.11 Å². The lowest BCUT2D eigenvalue weighted by Gasteiger charge is -2.18. The van der Waals surface area contributed by atoms with E-state index in [1.165, 1.54) is 7.11 Å². The molecule has 0 atom stereocenters. The molecule has 1 aromatic rings. The van der Waals surface area contributed by atoms with Gasteiger partial charge in [0.15, 0.2) is 28.6 Å². The molecule has 0 saturated heterocycles. The second kappa shape index (κ2) is 3.96. The summed E-state index contributed by atoms with van der Waals surface area (Å²) >= 11 is 0. The lowest BCUT2D eigenvalue weighted by molar-refractivity contribution is -0.0492. The molecule has 1 aromatic carbocycles. The summed E-state index contributed by atoms with van der Waals surface area (Å²) < 4.78 is 28.0. The molecule has 2 aliphatic rings. The third kappa shape index (κ3) is 1.97. The number of benzene rings is 1. The second-order valence-corrected chi connectivity index (χ2v) is 6.02. The lowest BCUT2D eigenvalue weighted by atomic mass is 10.1. The van der Waals surface area contributed by atoms with E-state index < -0.39 is 17.5 Å². The number of esters is 1. The van der Waals surface area contributed by atoms with Gasteiger partial charge in [-0.1, -0.05) is 0 Å². The van der Waals surface area contributed by atoms with Crippen molar-refractivity contribution < 1.29 is 28.5 Å². The highest BCUT2D eigenvalue weighted by atomic mass is 16.7. The smallest absolute Gasteiger partial charge is 0.345 e. The molecule has 3 rings (SSSR count). The van der Waals surface area contributed by atoms with Crippen molar-refractivity contribution in [3.63, 3.8) is 0 Å². The van der Waals surface area contributed by atoms with Crippen molar-refractivity contribution in [3.8, 4) is 23.0 Å². The summed E-state index contributed by atoms with van der Waals surface area (Å²) in [6.45, 7) is 8.91. The van der Waals surface area contributed by atoms with E-state index in [0.717, 1.165) is 5.56 Å². The molecule has 21 heavy (non-hydrogen) atoms. The van der Waals surface area contributed by atoms with E-state index in [4.69, 9.17) is 23.7 Å². The van der Waals surface area contributed by atoms with Crippen LogP contribution in [0.15, 0.2) is 0 Å². The molecule has 0 aliphatic carbocycles. The predicted octanol–water partition coefficient (Wildman–Crippen LogP) is 2.80. The van der Waals surface area contributed by atoms with Crippen LogP contribution in [-0.4, -0.2) is 24.7 Å². The number of fused-ring (bicyclic) bond motifs is 2. The van der Waals surface area contributed by atoms with Crippen molar-refractivity contribution in [2.45, 2.75) is 46.2 Å². The summed E-state index contributed by atoms with van der Waals surface area (Å²) in [5.41, 5.74) is 0.938. The van der Waals surface area contributed by atoms with Gasteiger partial charge in [-0.25, -0.2) is 4.79 Å². The molecule has 0 radical (unpaired) electrons. The maximum atomic E-state index is 12.2. The summed E-state index contributed by atoms with van der Waals surface area (Å²) in [7, 11) is 1.31. The third-order valence-electron chi connectivity index (χ3n) is 3.33. The number of hydrogen-bond donors (Lipinski definition) is 0. The lowest BCUT2D eigenvalue weighted by Crippen LogP contribution is -2.31. The van der Waals surface area contributed by atoms with Crippen LogP contribution in [0.3, 0.4) is 0 Å². The Labute approximate surface area is 122 Å². The zero-order valence-corrected chi connectivity index (χ0v) is 12.9. The zero-order valence-electron chi connectivity index (χ0n) is 12.9. The van der Waals surface area contributed by atoms with Crippen LogP contribution in [0.2, 0.25) is 0 Å². The molecular formula is C15H18O6. The number of ether oxygens (including phenoxy) is 5. The van der Waals surface area contributed by atoms with Crippen molar-refractivity contribution in [1.82, 2.24) is 0 Å². The minimum atomic E-state index is -0.861. The van der Waals surface area contributed by atoms with Gasteiger partial charge in [0.1, 0.15) is 0 Å². The maximum absolute atomic E-state index is 12.2. The van der Waals surface area contributed by atoms with Gasteiger partial charge in [-0.2, -0.15) is 0 Å². The van der Waals surface area contributed by atoms with Gasteiger partial charge in [0.25, 0.3) is 0 Å². The Hall–Kier alpha value is -2.11. The molecule has 0 amide bonds. The highest BCUT2D eigenvalue weighted by Crippen LogP contribution is 2.56. The largest absolute Gasteiger partial charge is 0.465 e. The zero-order chi connectivity index (χ0) is 15.6. The summed E-state index contributed by atoms with van der Waals surface area (Å²) in [5, 5.41) is 0. The number of rotatable bonds is 1. The monoisotopic (exact) mass is 294 g/mol. The Kier molecular flexibility index (Phi) is 2.61. The maximum Gasteiger partial charge on any atom is 0.345 e. The average molecular weight is 294 g/mol. The number of hydrogen-bond acceptors (Lipinski definition) is 6. The number of carbonyl (C=O) groups excluding carboxylic acids is 1. The Morgan fingerprint density at radius 3 is 1.62 bits per heavy atom. The predicted molar refractivity (Wildman–Crippen MR) is 73.2 cm³/mol. The fourth-order valence-electron chi connectivity index (χ4n) is 2.53. The van der Waals surface area contributed by atoms with Gasteiger partial charge in [0.05, 0.1) is 7.11 Å². The van der Waals surface area contributed by atoms with E-state index in [1.807, 2.05) is 6.92 Å². The van der Waals surface area contributed by atoms with Crippen LogP contribution in [0.5, 0.6) is 23.0 Å². The Bertz CT molecular complexity index is 599. The van der Waals surface area contributed by atoms with E-state index in [9.17, 15) is 4.79 Å². The number of carbonyl (C=O) groups is 1. The van der Waals surface area contributed by atoms with E-state index in [2.05, 4.69) is 0 Å². The first kappa shape index (κ1) is 13.9. The first-order chi connectivity index (χ1) is 9.65. The summed E-state index contributed by atoms with van der Waals surface area (Å²) in [6.07, 6.45) is 0. The average Bonchev–Trinajstić information content (AvgIpc) is 2.85. The van der Waals surface area contributed by atoms with Crippen molar-refractivity contribution in [1.29, 1.82) is 0 Å². The first-order valence-corrected chi connectivity index (χ1v) is 6.70. The standard InChI is InChI=1S/C15H18O6/c1-7-9-11(20-14(2,3)18-9)8(13(16)17-6)12-10(7)19-15(4,5)21-12/h1-6H3.